The van der Waals surface area contributed by atoms with Gasteiger partial charge in [-0.1, -0.05) is 25.1 Å². The molecular weight excluding hydrogens is 238 g/mol. The quantitative estimate of drug-likeness (QED) is 0.862. The minimum Gasteiger partial charge on any atom is -0.485 e. The Bertz CT molecular complexity index is 531. The molecular formula is C16H21NO2. The summed E-state index contributed by atoms with van der Waals surface area (Å²) in [5.41, 5.74) is 2.39. The van der Waals surface area contributed by atoms with Crippen molar-refractivity contribution in [2.24, 2.45) is 0 Å². The van der Waals surface area contributed by atoms with E-state index in [1.165, 1.54) is 5.56 Å². The molecule has 0 unspecified atom stereocenters. The lowest BCUT2D eigenvalue weighted by atomic mass is 10.1. The Labute approximate surface area is 114 Å². The summed E-state index contributed by atoms with van der Waals surface area (Å²) in [4.78, 5) is 0. The summed E-state index contributed by atoms with van der Waals surface area (Å²) in [7, 11) is 1.91. The fraction of sp³-hybridized carbons (Fsp3) is 0.375. The molecule has 0 aliphatic carbocycles. The molecule has 1 aromatic carbocycles. The van der Waals surface area contributed by atoms with Crippen molar-refractivity contribution < 1.29 is 9.15 Å². The Hall–Kier alpha value is -1.74. The Kier molecular flexibility index (Phi) is 4.63. The number of furan rings is 1. The molecule has 19 heavy (non-hydrogen) atoms. The number of hydrogen-bond acceptors (Lipinski definition) is 3. The monoisotopic (exact) mass is 259 g/mol. The SMILES string of the molecule is CCc1ccccc1OCc1cc(C)c(CNC)o1. The molecule has 0 radical (unpaired) electrons. The Morgan fingerprint density at radius 1 is 1.26 bits per heavy atom. The summed E-state index contributed by atoms with van der Waals surface area (Å²) < 4.78 is 11.6. The first-order valence-electron chi connectivity index (χ1n) is 6.68. The summed E-state index contributed by atoms with van der Waals surface area (Å²) in [6.45, 7) is 5.41. The van der Waals surface area contributed by atoms with E-state index in [2.05, 4.69) is 25.2 Å². The maximum atomic E-state index is 5.85. The smallest absolute Gasteiger partial charge is 0.146 e. The zero-order valence-electron chi connectivity index (χ0n) is 11.8. The van der Waals surface area contributed by atoms with Gasteiger partial charge in [0.25, 0.3) is 0 Å². The minimum atomic E-state index is 0.474. The minimum absolute atomic E-state index is 0.474. The zero-order chi connectivity index (χ0) is 13.7. The van der Waals surface area contributed by atoms with Gasteiger partial charge in [0.2, 0.25) is 0 Å². The molecule has 2 aromatic rings. The van der Waals surface area contributed by atoms with E-state index in [0.717, 1.165) is 35.8 Å². The fourth-order valence-corrected chi connectivity index (χ4v) is 2.08. The van der Waals surface area contributed by atoms with E-state index in [-0.39, 0.29) is 0 Å². The molecule has 2 rings (SSSR count). The van der Waals surface area contributed by atoms with Crippen LogP contribution in [0.1, 0.15) is 29.6 Å². The number of hydrogen-bond donors (Lipinski definition) is 1. The summed E-state index contributed by atoms with van der Waals surface area (Å²) in [6, 6.07) is 10.2. The molecule has 1 heterocycles. The molecule has 1 N–H and O–H groups in total. The van der Waals surface area contributed by atoms with E-state index >= 15 is 0 Å². The molecule has 0 atom stereocenters. The van der Waals surface area contributed by atoms with Crippen molar-refractivity contribution in [1.82, 2.24) is 5.32 Å². The zero-order valence-corrected chi connectivity index (χ0v) is 11.8. The molecule has 3 heteroatoms. The number of aryl methyl sites for hydroxylation is 2. The van der Waals surface area contributed by atoms with E-state index in [9.17, 15) is 0 Å². The van der Waals surface area contributed by atoms with Gasteiger partial charge in [-0.15, -0.1) is 0 Å². The predicted molar refractivity (Wildman–Crippen MR) is 76.4 cm³/mol. The van der Waals surface area contributed by atoms with Crippen molar-refractivity contribution in [3.05, 3.63) is 53.0 Å². The van der Waals surface area contributed by atoms with Crippen molar-refractivity contribution in [1.29, 1.82) is 0 Å². The van der Waals surface area contributed by atoms with Crippen LogP contribution in [0.25, 0.3) is 0 Å². The van der Waals surface area contributed by atoms with Crippen LogP contribution in [0, 0.1) is 6.92 Å². The molecule has 3 nitrogen and oxygen atoms in total. The van der Waals surface area contributed by atoms with Crippen molar-refractivity contribution in [3.8, 4) is 5.75 Å². The van der Waals surface area contributed by atoms with Gasteiger partial charge in [0.1, 0.15) is 23.9 Å². The summed E-state index contributed by atoms with van der Waals surface area (Å²) >= 11 is 0. The van der Waals surface area contributed by atoms with Crippen LogP contribution in [-0.2, 0) is 19.6 Å². The van der Waals surface area contributed by atoms with E-state index in [4.69, 9.17) is 9.15 Å². The first kappa shape index (κ1) is 13.7. The van der Waals surface area contributed by atoms with E-state index < -0.39 is 0 Å². The normalized spacial score (nSPS) is 10.7. The largest absolute Gasteiger partial charge is 0.485 e. The van der Waals surface area contributed by atoms with Crippen LogP contribution in [0.5, 0.6) is 5.75 Å². The summed E-state index contributed by atoms with van der Waals surface area (Å²) in [6.07, 6.45) is 0.971. The number of nitrogens with one attached hydrogen (secondary N) is 1. The third-order valence-electron chi connectivity index (χ3n) is 3.13. The van der Waals surface area contributed by atoms with Gasteiger partial charge in [-0.05, 0) is 43.7 Å². The van der Waals surface area contributed by atoms with Crippen molar-refractivity contribution in [2.75, 3.05) is 7.05 Å². The van der Waals surface area contributed by atoms with Crippen molar-refractivity contribution >= 4 is 0 Å². The standard InChI is InChI=1S/C16H21NO2/c1-4-13-7-5-6-8-15(13)18-11-14-9-12(2)16(19-14)10-17-3/h5-9,17H,4,10-11H2,1-3H3. The first-order chi connectivity index (χ1) is 9.24. The maximum absolute atomic E-state index is 5.85. The van der Waals surface area contributed by atoms with Crippen molar-refractivity contribution in [2.45, 2.75) is 33.4 Å². The van der Waals surface area contributed by atoms with Crippen LogP contribution in [0.15, 0.2) is 34.7 Å². The molecule has 102 valence electrons. The van der Waals surface area contributed by atoms with Crippen LogP contribution >= 0.6 is 0 Å². The van der Waals surface area contributed by atoms with Crippen LogP contribution in [0.2, 0.25) is 0 Å². The number of rotatable bonds is 6. The molecule has 0 spiro atoms. The lowest BCUT2D eigenvalue weighted by Gasteiger charge is -2.08. The molecule has 0 aliphatic heterocycles. The van der Waals surface area contributed by atoms with Crippen LogP contribution < -0.4 is 10.1 Å². The topological polar surface area (TPSA) is 34.4 Å². The van der Waals surface area contributed by atoms with E-state index in [1.807, 2.05) is 31.3 Å². The fourth-order valence-electron chi connectivity index (χ4n) is 2.08. The Morgan fingerprint density at radius 2 is 2.05 bits per heavy atom. The van der Waals surface area contributed by atoms with Gasteiger partial charge in [-0.3, -0.25) is 0 Å². The molecule has 0 saturated carbocycles. The van der Waals surface area contributed by atoms with Gasteiger partial charge in [-0.25, -0.2) is 0 Å². The Balaban J connectivity index is 2.04. The molecule has 0 aliphatic rings. The van der Waals surface area contributed by atoms with Crippen LogP contribution in [-0.4, -0.2) is 7.05 Å². The second-order valence-corrected chi connectivity index (χ2v) is 4.60. The first-order valence-corrected chi connectivity index (χ1v) is 6.68. The Morgan fingerprint density at radius 3 is 2.79 bits per heavy atom. The van der Waals surface area contributed by atoms with Gasteiger partial charge in [-0.2, -0.15) is 0 Å². The summed E-state index contributed by atoms with van der Waals surface area (Å²) in [5.74, 6) is 2.78. The van der Waals surface area contributed by atoms with E-state index in [0.29, 0.717) is 6.61 Å². The number of ether oxygens (including phenoxy) is 1. The highest BCUT2D eigenvalue weighted by atomic mass is 16.5. The van der Waals surface area contributed by atoms with Crippen LogP contribution in [0.3, 0.4) is 0 Å². The molecule has 1 aromatic heterocycles. The number of para-hydroxylation sites is 1. The third-order valence-corrected chi connectivity index (χ3v) is 3.13. The highest BCUT2D eigenvalue weighted by Crippen LogP contribution is 2.21. The molecule has 0 bridgehead atoms. The van der Waals surface area contributed by atoms with Gasteiger partial charge in [0.05, 0.1) is 6.54 Å². The van der Waals surface area contributed by atoms with Gasteiger partial charge in [0.15, 0.2) is 0 Å². The number of benzene rings is 1. The van der Waals surface area contributed by atoms with Gasteiger partial charge in [0, 0.05) is 0 Å². The lowest BCUT2D eigenvalue weighted by molar-refractivity contribution is 0.263. The molecule has 0 amide bonds. The lowest BCUT2D eigenvalue weighted by Crippen LogP contribution is -2.04. The maximum Gasteiger partial charge on any atom is 0.146 e. The summed E-state index contributed by atoms with van der Waals surface area (Å²) in [5, 5.41) is 3.10. The predicted octanol–water partition coefficient (Wildman–Crippen LogP) is 3.45. The molecule has 0 fully saturated rings. The van der Waals surface area contributed by atoms with Crippen molar-refractivity contribution in [3.63, 3.8) is 0 Å². The highest BCUT2D eigenvalue weighted by molar-refractivity contribution is 5.33. The van der Waals surface area contributed by atoms with Gasteiger partial charge < -0.3 is 14.5 Å². The van der Waals surface area contributed by atoms with E-state index in [1.54, 1.807) is 0 Å². The molecule has 0 saturated heterocycles. The average Bonchev–Trinajstić information content (AvgIpc) is 2.78. The van der Waals surface area contributed by atoms with Gasteiger partial charge >= 0.3 is 0 Å². The second kappa shape index (κ2) is 6.43. The van der Waals surface area contributed by atoms with Crippen LogP contribution in [0.4, 0.5) is 0 Å². The average molecular weight is 259 g/mol. The second-order valence-electron chi connectivity index (χ2n) is 4.60. The third kappa shape index (κ3) is 3.38. The highest BCUT2D eigenvalue weighted by Gasteiger charge is 2.08.